The van der Waals surface area contributed by atoms with Gasteiger partial charge in [0.25, 0.3) is 0 Å². The van der Waals surface area contributed by atoms with E-state index in [-0.39, 0.29) is 0 Å². The van der Waals surface area contributed by atoms with Crippen molar-refractivity contribution in [3.63, 3.8) is 0 Å². The van der Waals surface area contributed by atoms with E-state index >= 15 is 0 Å². The van der Waals surface area contributed by atoms with E-state index in [0.717, 1.165) is 17.8 Å². The molecule has 30 heavy (non-hydrogen) atoms. The maximum atomic E-state index is 2.57. The van der Waals surface area contributed by atoms with Crippen molar-refractivity contribution in [1.29, 1.82) is 0 Å². The summed E-state index contributed by atoms with van der Waals surface area (Å²) in [6, 6.07) is 0. The first-order valence-electron chi connectivity index (χ1n) is 12.7. The maximum absolute atomic E-state index is 2.57. The van der Waals surface area contributed by atoms with Crippen LogP contribution in [0.1, 0.15) is 102 Å². The van der Waals surface area contributed by atoms with Gasteiger partial charge in [0.2, 0.25) is 0 Å². The quantitative estimate of drug-likeness (QED) is 0.447. The first-order valence-corrected chi connectivity index (χ1v) is 12.7. The molecule has 0 spiro atoms. The van der Waals surface area contributed by atoms with Crippen molar-refractivity contribution in [3.05, 3.63) is 0 Å². The van der Waals surface area contributed by atoms with Crippen LogP contribution in [-0.2, 0) is 0 Å². The second-order valence-electron chi connectivity index (χ2n) is 13.5. The Morgan fingerprint density at radius 1 is 0.433 bits per heavy atom. The van der Waals surface area contributed by atoms with E-state index in [9.17, 15) is 0 Å². The molecule has 180 valence electrons. The van der Waals surface area contributed by atoms with Crippen LogP contribution in [0.5, 0.6) is 0 Å². The third-order valence-corrected chi connectivity index (χ3v) is 7.12. The zero-order chi connectivity index (χ0) is 23.3. The Bertz CT molecular complexity index is 408. The predicted octanol–water partition coefficient (Wildman–Crippen LogP) is 6.38. The van der Waals surface area contributed by atoms with Crippen molar-refractivity contribution < 1.29 is 0 Å². The Morgan fingerprint density at radius 3 is 0.700 bits per heavy atom. The first-order chi connectivity index (χ1) is 13.5. The van der Waals surface area contributed by atoms with Crippen LogP contribution in [-0.4, -0.2) is 70.6 Å². The smallest absolute Gasteiger partial charge is 0.0125 e. The summed E-state index contributed by atoms with van der Waals surface area (Å²) in [5, 5.41) is 0. The highest BCUT2D eigenvalue weighted by Gasteiger charge is 2.29. The number of rotatable bonds is 0. The lowest BCUT2D eigenvalue weighted by atomic mass is 10.1. The third kappa shape index (κ3) is 10.0. The Morgan fingerprint density at radius 2 is 0.633 bits per heavy atom. The molecule has 3 aliphatic rings. The molecule has 3 nitrogen and oxygen atoms in total. The predicted molar refractivity (Wildman–Crippen MR) is 135 cm³/mol. The van der Waals surface area contributed by atoms with Gasteiger partial charge in [0.05, 0.1) is 0 Å². The van der Waals surface area contributed by atoms with Gasteiger partial charge in [-0.1, -0.05) is 20.8 Å². The Balaban J connectivity index is 0.000000225. The van der Waals surface area contributed by atoms with E-state index in [1.807, 2.05) is 0 Å². The molecular weight excluding hydrogens is 366 g/mol. The molecule has 1 unspecified atom stereocenters. The zero-order valence-electron chi connectivity index (χ0n) is 22.9. The van der Waals surface area contributed by atoms with Gasteiger partial charge in [0, 0.05) is 36.3 Å². The molecule has 3 aliphatic heterocycles. The molecule has 0 bridgehead atoms. The van der Waals surface area contributed by atoms with Gasteiger partial charge in [-0.2, -0.15) is 0 Å². The normalized spacial score (nSPS) is 29.4. The number of hydrogen-bond donors (Lipinski definition) is 0. The highest BCUT2D eigenvalue weighted by atomic mass is 15.2. The van der Waals surface area contributed by atoms with Gasteiger partial charge in [-0.3, -0.25) is 14.7 Å². The number of hydrogen-bond acceptors (Lipinski definition) is 3. The average Bonchev–Trinajstić information content (AvgIpc) is 3.27. The second kappa shape index (κ2) is 11.1. The molecule has 3 atom stereocenters. The SMILES string of the molecule is CC1CCN(C(C)(C)C)C1.C[C@@H]1CCN(C(C)(C)C)C1.C[C@H]1CCN(C(C)(C)C)C1. The molecule has 0 aromatic heterocycles. The maximum Gasteiger partial charge on any atom is 0.0125 e. The lowest BCUT2D eigenvalue weighted by Gasteiger charge is -2.31. The first kappa shape index (κ1) is 27.9. The molecule has 3 fully saturated rings. The molecule has 0 aromatic rings. The van der Waals surface area contributed by atoms with Crippen molar-refractivity contribution in [2.45, 2.75) is 119 Å². The molecular formula is C27H57N3. The van der Waals surface area contributed by atoms with Crippen molar-refractivity contribution in [2.75, 3.05) is 39.3 Å². The molecule has 3 heterocycles. The van der Waals surface area contributed by atoms with Gasteiger partial charge in [0.15, 0.2) is 0 Å². The molecule has 3 heteroatoms. The second-order valence-corrected chi connectivity index (χ2v) is 13.5. The van der Waals surface area contributed by atoms with Crippen LogP contribution in [0.3, 0.4) is 0 Å². The molecule has 0 saturated carbocycles. The van der Waals surface area contributed by atoms with E-state index < -0.39 is 0 Å². The van der Waals surface area contributed by atoms with E-state index in [1.165, 1.54) is 58.5 Å². The van der Waals surface area contributed by atoms with Gasteiger partial charge in [-0.05, 0) is 119 Å². The lowest BCUT2D eigenvalue weighted by Crippen LogP contribution is -2.39. The Hall–Kier alpha value is -0.120. The standard InChI is InChI=1S/3C9H19N/c3*1-8-5-6-10(7-8)9(2,3)4/h3*8H,5-7H2,1-4H3/t2*8-;/m10./s1. The fraction of sp³-hybridized carbons (Fsp3) is 1.00. The zero-order valence-corrected chi connectivity index (χ0v) is 22.9. The summed E-state index contributed by atoms with van der Waals surface area (Å²) in [5.41, 5.74) is 1.18. The van der Waals surface area contributed by atoms with Gasteiger partial charge < -0.3 is 0 Å². The highest BCUT2D eigenvalue weighted by molar-refractivity contribution is 4.84. The van der Waals surface area contributed by atoms with Gasteiger partial charge in [-0.15, -0.1) is 0 Å². The van der Waals surface area contributed by atoms with Gasteiger partial charge >= 0.3 is 0 Å². The molecule has 0 aliphatic carbocycles. The molecule has 0 radical (unpaired) electrons. The fourth-order valence-electron chi connectivity index (χ4n) is 4.63. The molecule has 3 rings (SSSR count). The summed E-state index contributed by atoms with van der Waals surface area (Å²) in [4.78, 5) is 7.70. The summed E-state index contributed by atoms with van der Waals surface area (Å²) in [7, 11) is 0. The number of likely N-dealkylation sites (tertiary alicyclic amines) is 3. The summed E-state index contributed by atoms with van der Waals surface area (Å²) in [5.74, 6) is 2.75. The molecule has 0 aromatic carbocycles. The van der Waals surface area contributed by atoms with Gasteiger partial charge in [0.1, 0.15) is 0 Å². The van der Waals surface area contributed by atoms with E-state index in [4.69, 9.17) is 0 Å². The van der Waals surface area contributed by atoms with Crippen molar-refractivity contribution in [3.8, 4) is 0 Å². The van der Waals surface area contributed by atoms with Crippen LogP contribution in [0.25, 0.3) is 0 Å². The van der Waals surface area contributed by atoms with Crippen LogP contribution in [0, 0.1) is 17.8 Å². The molecule has 0 N–H and O–H groups in total. The number of nitrogens with zero attached hydrogens (tertiary/aromatic N) is 3. The van der Waals surface area contributed by atoms with Crippen molar-refractivity contribution in [2.24, 2.45) is 17.8 Å². The summed E-state index contributed by atoms with van der Waals surface area (Å²) < 4.78 is 0. The third-order valence-electron chi connectivity index (χ3n) is 7.12. The summed E-state index contributed by atoms with van der Waals surface area (Å²) >= 11 is 0. The minimum Gasteiger partial charge on any atom is -0.298 e. The fourth-order valence-corrected chi connectivity index (χ4v) is 4.63. The van der Waals surface area contributed by atoms with E-state index in [2.05, 4.69) is 97.8 Å². The molecule has 0 amide bonds. The molecule has 3 saturated heterocycles. The van der Waals surface area contributed by atoms with Crippen LogP contribution in [0.2, 0.25) is 0 Å². The van der Waals surface area contributed by atoms with Gasteiger partial charge in [-0.25, -0.2) is 0 Å². The van der Waals surface area contributed by atoms with E-state index in [1.54, 1.807) is 0 Å². The summed E-state index contributed by atoms with van der Waals surface area (Å²) in [6.07, 6.45) is 4.16. The highest BCUT2D eigenvalue weighted by Crippen LogP contribution is 2.25. The van der Waals surface area contributed by atoms with Crippen LogP contribution < -0.4 is 0 Å². The largest absolute Gasteiger partial charge is 0.298 e. The van der Waals surface area contributed by atoms with Crippen LogP contribution >= 0.6 is 0 Å². The lowest BCUT2D eigenvalue weighted by molar-refractivity contribution is 0.169. The minimum atomic E-state index is 0.394. The van der Waals surface area contributed by atoms with Crippen LogP contribution in [0.4, 0.5) is 0 Å². The summed E-state index contributed by atoms with van der Waals surface area (Å²) in [6.45, 7) is 35.5. The monoisotopic (exact) mass is 423 g/mol. The Kier molecular flexibility index (Phi) is 10.4. The van der Waals surface area contributed by atoms with Crippen molar-refractivity contribution >= 4 is 0 Å². The van der Waals surface area contributed by atoms with E-state index in [0.29, 0.717) is 16.6 Å². The average molecular weight is 424 g/mol. The van der Waals surface area contributed by atoms with Crippen molar-refractivity contribution in [1.82, 2.24) is 14.7 Å². The Labute approximate surface area is 191 Å². The minimum absolute atomic E-state index is 0.394. The topological polar surface area (TPSA) is 9.72 Å². The van der Waals surface area contributed by atoms with Crippen LogP contribution in [0.15, 0.2) is 0 Å².